The van der Waals surface area contributed by atoms with E-state index >= 15 is 0 Å². The molecule has 0 radical (unpaired) electrons. The first kappa shape index (κ1) is 20.7. The fourth-order valence-corrected chi connectivity index (χ4v) is 6.71. The van der Waals surface area contributed by atoms with Crippen LogP contribution in [0.15, 0.2) is 54.6 Å². The predicted molar refractivity (Wildman–Crippen MR) is 130 cm³/mol. The summed E-state index contributed by atoms with van der Waals surface area (Å²) in [5.41, 5.74) is 6.15. The Hall–Kier alpha value is -2.22. The molecule has 0 bridgehead atoms. The first-order valence-corrected chi connectivity index (χ1v) is 12.4. The molecule has 1 heterocycles. The highest BCUT2D eigenvalue weighted by atomic mass is 16.3. The van der Waals surface area contributed by atoms with Crippen molar-refractivity contribution in [2.75, 3.05) is 18.0 Å². The second-order valence-corrected chi connectivity index (χ2v) is 10.4. The number of hydrogen-bond acceptors (Lipinski definition) is 2. The zero-order valence-corrected chi connectivity index (χ0v) is 19.2. The van der Waals surface area contributed by atoms with Gasteiger partial charge in [-0.05, 0) is 104 Å². The molecule has 1 saturated carbocycles. The Morgan fingerprint density at radius 3 is 2.48 bits per heavy atom. The molecule has 1 aliphatic heterocycles. The molecule has 1 N–H and O–H groups in total. The number of phenolic OH excluding ortho intramolecular Hbond substituents is 1. The van der Waals surface area contributed by atoms with Crippen molar-refractivity contribution in [2.45, 2.75) is 64.7 Å². The molecule has 2 fully saturated rings. The lowest BCUT2D eigenvalue weighted by Gasteiger charge is -2.52. The predicted octanol–water partition coefficient (Wildman–Crippen LogP) is 7.07. The number of piperidine rings is 1. The summed E-state index contributed by atoms with van der Waals surface area (Å²) in [6, 6.07) is 15.4. The van der Waals surface area contributed by atoms with Crippen molar-refractivity contribution in [1.29, 1.82) is 0 Å². The number of aromatic hydroxyl groups is 1. The topological polar surface area (TPSA) is 23.5 Å². The van der Waals surface area contributed by atoms with Crippen molar-refractivity contribution < 1.29 is 5.11 Å². The van der Waals surface area contributed by atoms with Crippen LogP contribution in [0.25, 0.3) is 0 Å². The summed E-state index contributed by atoms with van der Waals surface area (Å²) in [5.74, 6) is 2.28. The SMILES string of the molecule is C/C=C/[C@H]1CCc2cc(O)ccc2[C@H]1c1ccc(N2CCC3(CC2)CC(CC)C3)cc1. The lowest BCUT2D eigenvalue weighted by molar-refractivity contribution is 0.0262. The highest BCUT2D eigenvalue weighted by molar-refractivity contribution is 5.52. The summed E-state index contributed by atoms with van der Waals surface area (Å²) in [7, 11) is 0. The zero-order valence-electron chi connectivity index (χ0n) is 19.2. The summed E-state index contributed by atoms with van der Waals surface area (Å²) in [5, 5.41) is 9.96. The van der Waals surface area contributed by atoms with Gasteiger partial charge in [0.2, 0.25) is 0 Å². The average molecular weight is 416 g/mol. The second-order valence-electron chi connectivity index (χ2n) is 10.4. The van der Waals surface area contributed by atoms with Crippen LogP contribution in [0, 0.1) is 17.3 Å². The highest BCUT2D eigenvalue weighted by Gasteiger charge is 2.44. The van der Waals surface area contributed by atoms with Crippen molar-refractivity contribution in [3.63, 3.8) is 0 Å². The third kappa shape index (κ3) is 3.90. The van der Waals surface area contributed by atoms with Gasteiger partial charge in [-0.3, -0.25) is 0 Å². The molecule has 2 aromatic rings. The van der Waals surface area contributed by atoms with Crippen LogP contribution in [0.1, 0.15) is 75.0 Å². The van der Waals surface area contributed by atoms with Gasteiger partial charge in [0.25, 0.3) is 0 Å². The average Bonchev–Trinajstić information content (AvgIpc) is 2.78. The van der Waals surface area contributed by atoms with E-state index in [1.54, 1.807) is 0 Å². The molecule has 2 heteroatoms. The normalized spacial score (nSPS) is 25.5. The van der Waals surface area contributed by atoms with Crippen molar-refractivity contribution in [1.82, 2.24) is 0 Å². The molecular weight excluding hydrogens is 378 g/mol. The number of aryl methyl sites for hydroxylation is 1. The molecule has 0 aromatic heterocycles. The third-order valence-electron chi connectivity index (χ3n) is 8.54. The van der Waals surface area contributed by atoms with Crippen molar-refractivity contribution in [2.24, 2.45) is 17.3 Å². The third-order valence-corrected chi connectivity index (χ3v) is 8.54. The number of allylic oxidation sites excluding steroid dienone is 2. The molecule has 3 aliphatic rings. The molecule has 1 spiro atoms. The fraction of sp³-hybridized carbons (Fsp3) is 0.517. The van der Waals surface area contributed by atoms with Crippen LogP contribution >= 0.6 is 0 Å². The molecule has 2 nitrogen and oxygen atoms in total. The van der Waals surface area contributed by atoms with E-state index in [1.165, 1.54) is 67.6 Å². The van der Waals surface area contributed by atoms with E-state index in [2.05, 4.69) is 61.2 Å². The van der Waals surface area contributed by atoms with Gasteiger partial charge in [0.05, 0.1) is 0 Å². The molecule has 5 rings (SSSR count). The Bertz CT molecular complexity index is 928. The maximum Gasteiger partial charge on any atom is 0.115 e. The monoisotopic (exact) mass is 415 g/mol. The van der Waals surface area contributed by atoms with Gasteiger partial charge in [-0.25, -0.2) is 0 Å². The van der Waals surface area contributed by atoms with Crippen LogP contribution in [0.4, 0.5) is 5.69 Å². The molecule has 31 heavy (non-hydrogen) atoms. The second kappa shape index (κ2) is 8.37. The van der Waals surface area contributed by atoms with Gasteiger partial charge < -0.3 is 10.0 Å². The van der Waals surface area contributed by atoms with Gasteiger partial charge in [0, 0.05) is 24.7 Å². The Labute approximate surface area is 188 Å². The van der Waals surface area contributed by atoms with E-state index < -0.39 is 0 Å². The van der Waals surface area contributed by atoms with Crippen LogP contribution in [-0.2, 0) is 6.42 Å². The van der Waals surface area contributed by atoms with E-state index in [4.69, 9.17) is 0 Å². The Balaban J connectivity index is 1.34. The molecule has 2 aromatic carbocycles. The summed E-state index contributed by atoms with van der Waals surface area (Å²) in [6.45, 7) is 6.90. The van der Waals surface area contributed by atoms with Crippen molar-refractivity contribution >= 4 is 5.69 Å². The van der Waals surface area contributed by atoms with Gasteiger partial charge in [-0.2, -0.15) is 0 Å². The largest absolute Gasteiger partial charge is 0.508 e. The lowest BCUT2D eigenvalue weighted by Crippen LogP contribution is -2.47. The van der Waals surface area contributed by atoms with E-state index in [-0.39, 0.29) is 0 Å². The van der Waals surface area contributed by atoms with Crippen LogP contribution in [0.2, 0.25) is 0 Å². The summed E-state index contributed by atoms with van der Waals surface area (Å²) < 4.78 is 0. The van der Waals surface area contributed by atoms with Crippen LogP contribution < -0.4 is 4.90 Å². The van der Waals surface area contributed by atoms with Crippen molar-refractivity contribution in [3.05, 3.63) is 71.3 Å². The van der Waals surface area contributed by atoms with E-state index in [0.29, 0.717) is 23.0 Å². The van der Waals surface area contributed by atoms with Gasteiger partial charge in [0.15, 0.2) is 0 Å². The highest BCUT2D eigenvalue weighted by Crippen LogP contribution is 2.54. The molecular formula is C29H37NO. The molecule has 0 unspecified atom stereocenters. The minimum atomic E-state index is 0.375. The minimum Gasteiger partial charge on any atom is -0.508 e. The van der Waals surface area contributed by atoms with Gasteiger partial charge in [-0.15, -0.1) is 0 Å². The number of hydrogen-bond donors (Lipinski definition) is 1. The first-order valence-electron chi connectivity index (χ1n) is 12.4. The van der Waals surface area contributed by atoms with E-state index in [0.717, 1.165) is 18.8 Å². The Morgan fingerprint density at radius 2 is 1.81 bits per heavy atom. The van der Waals surface area contributed by atoms with Gasteiger partial charge in [-0.1, -0.05) is 43.7 Å². The first-order chi connectivity index (χ1) is 15.1. The van der Waals surface area contributed by atoms with Crippen LogP contribution in [0.3, 0.4) is 0 Å². The number of fused-ring (bicyclic) bond motifs is 1. The number of phenols is 1. The smallest absolute Gasteiger partial charge is 0.115 e. The molecule has 2 aliphatic carbocycles. The van der Waals surface area contributed by atoms with Crippen LogP contribution in [-0.4, -0.2) is 18.2 Å². The van der Waals surface area contributed by atoms with Crippen LogP contribution in [0.5, 0.6) is 5.75 Å². The van der Waals surface area contributed by atoms with E-state index in [1.807, 2.05) is 12.1 Å². The van der Waals surface area contributed by atoms with Gasteiger partial charge in [0.1, 0.15) is 5.75 Å². The zero-order chi connectivity index (χ0) is 21.4. The molecule has 0 amide bonds. The fourth-order valence-electron chi connectivity index (χ4n) is 6.71. The quantitative estimate of drug-likeness (QED) is 0.540. The number of benzene rings is 2. The van der Waals surface area contributed by atoms with Crippen molar-refractivity contribution in [3.8, 4) is 5.75 Å². The maximum atomic E-state index is 9.96. The molecule has 164 valence electrons. The number of nitrogens with zero attached hydrogens (tertiary/aromatic N) is 1. The van der Waals surface area contributed by atoms with Gasteiger partial charge >= 0.3 is 0 Å². The minimum absolute atomic E-state index is 0.375. The maximum absolute atomic E-state index is 9.96. The molecule has 1 saturated heterocycles. The lowest BCUT2D eigenvalue weighted by atomic mass is 9.57. The summed E-state index contributed by atoms with van der Waals surface area (Å²) in [6.07, 6.45) is 13.8. The Kier molecular flexibility index (Phi) is 5.58. The Morgan fingerprint density at radius 1 is 1.06 bits per heavy atom. The number of rotatable bonds is 4. The number of anilines is 1. The molecule has 2 atom stereocenters. The summed E-state index contributed by atoms with van der Waals surface area (Å²) in [4.78, 5) is 2.60. The van der Waals surface area contributed by atoms with E-state index in [9.17, 15) is 5.11 Å². The standard InChI is InChI=1S/C29H37NO/c1-3-5-22-6-7-24-18-26(31)12-13-27(24)28(22)23-8-10-25(11-9-23)30-16-14-29(15-17-30)19-21(4-2)20-29/h3,5,8-13,18,21-22,28,31H,4,6-7,14-17,19-20H2,1-2H3/b5-3+/t22-,28+/m0/s1. The summed E-state index contributed by atoms with van der Waals surface area (Å²) >= 11 is 0.